The largest absolute Gasteiger partial charge is 0.379 e. The van der Waals surface area contributed by atoms with Gasteiger partial charge < -0.3 is 19.5 Å². The molecule has 1 N–H and O–H groups in total. The second kappa shape index (κ2) is 10.4. The van der Waals surface area contributed by atoms with Crippen molar-refractivity contribution in [2.24, 2.45) is 0 Å². The molecule has 33 heavy (non-hydrogen) atoms. The summed E-state index contributed by atoms with van der Waals surface area (Å²) in [5.41, 5.74) is 3.26. The summed E-state index contributed by atoms with van der Waals surface area (Å²) in [5.74, 6) is 0. The van der Waals surface area contributed by atoms with Gasteiger partial charge in [0.25, 0.3) is 0 Å². The minimum absolute atomic E-state index is 0.000491. The number of hydrogen-bond acceptors (Lipinski definition) is 5. The van der Waals surface area contributed by atoms with Crippen LogP contribution in [0.4, 0.5) is 0 Å². The van der Waals surface area contributed by atoms with E-state index in [4.69, 9.17) is 17.0 Å². The first-order valence-corrected chi connectivity index (χ1v) is 12.0. The molecular weight excluding hydrogens is 432 g/mol. The molecule has 0 radical (unpaired) electrons. The molecule has 5 rings (SSSR count). The second-order valence-corrected chi connectivity index (χ2v) is 8.90. The van der Waals surface area contributed by atoms with Gasteiger partial charge in [-0.25, -0.2) is 0 Å². The topological polar surface area (TPSA) is 58.5 Å². The lowest BCUT2D eigenvalue weighted by Crippen LogP contribution is -2.39. The van der Waals surface area contributed by atoms with E-state index in [1.807, 2.05) is 36.7 Å². The van der Waals surface area contributed by atoms with Crippen LogP contribution in [0.5, 0.6) is 0 Å². The van der Waals surface area contributed by atoms with Crippen LogP contribution in [-0.2, 0) is 11.3 Å². The van der Waals surface area contributed by atoms with Crippen LogP contribution < -0.4 is 5.32 Å². The van der Waals surface area contributed by atoms with Gasteiger partial charge in [-0.2, -0.15) is 0 Å². The van der Waals surface area contributed by atoms with E-state index >= 15 is 0 Å². The summed E-state index contributed by atoms with van der Waals surface area (Å²) in [4.78, 5) is 14.0. The summed E-state index contributed by atoms with van der Waals surface area (Å²) < 4.78 is 7.78. The fourth-order valence-corrected chi connectivity index (χ4v) is 5.10. The maximum absolute atomic E-state index is 5.84. The quantitative estimate of drug-likeness (QED) is 0.517. The van der Waals surface area contributed by atoms with Crippen molar-refractivity contribution in [2.75, 3.05) is 39.4 Å². The monoisotopic (exact) mass is 462 g/mol. The smallest absolute Gasteiger partial charge is 0.170 e. The molecule has 0 aromatic carbocycles. The van der Waals surface area contributed by atoms with Gasteiger partial charge >= 0.3 is 0 Å². The summed E-state index contributed by atoms with van der Waals surface area (Å²) in [6, 6.07) is 16.5. The predicted octanol–water partition coefficient (Wildman–Crippen LogP) is 3.02. The first-order chi connectivity index (χ1) is 16.3. The zero-order valence-electron chi connectivity index (χ0n) is 18.7. The van der Waals surface area contributed by atoms with E-state index in [2.05, 4.69) is 60.1 Å². The van der Waals surface area contributed by atoms with Crippen LogP contribution in [0.25, 0.3) is 0 Å². The number of nitrogens with one attached hydrogen (secondary N) is 1. The normalized spacial score (nSPS) is 21.3. The van der Waals surface area contributed by atoms with Crippen LogP contribution in [0.1, 0.15) is 35.6 Å². The van der Waals surface area contributed by atoms with Crippen molar-refractivity contribution < 1.29 is 4.74 Å². The van der Waals surface area contributed by atoms with Gasteiger partial charge in [-0.05, 0) is 55.0 Å². The van der Waals surface area contributed by atoms with E-state index in [9.17, 15) is 0 Å². The highest BCUT2D eigenvalue weighted by atomic mass is 32.1. The standard InChI is InChI=1S/C25H30N6OS/c33-25-28-23(21-8-2-4-11-27-21)24(31(25)14-6-12-29-15-17-32-18-16-29)22-9-5-13-30(22)19-20-7-1-3-10-26-20/h1-5,7-11,13,23-24H,6,12,14-19H2,(H,28,33)/t23-,24+/m1/s1. The van der Waals surface area contributed by atoms with Gasteiger partial charge in [0.15, 0.2) is 5.11 Å². The number of thiocarbonyl (C=S) groups is 1. The van der Waals surface area contributed by atoms with Crippen molar-refractivity contribution >= 4 is 17.3 Å². The van der Waals surface area contributed by atoms with Gasteiger partial charge in [0, 0.05) is 50.5 Å². The number of pyridine rings is 2. The molecule has 2 saturated heterocycles. The first kappa shape index (κ1) is 22.0. The fraction of sp³-hybridized carbons (Fsp3) is 0.400. The van der Waals surface area contributed by atoms with Crippen molar-refractivity contribution in [3.05, 3.63) is 84.2 Å². The Balaban J connectivity index is 1.39. The maximum atomic E-state index is 5.84. The zero-order valence-corrected chi connectivity index (χ0v) is 19.5. The molecule has 2 atom stereocenters. The summed E-state index contributed by atoms with van der Waals surface area (Å²) >= 11 is 5.84. The Morgan fingerprint density at radius 3 is 2.55 bits per heavy atom. The summed E-state index contributed by atoms with van der Waals surface area (Å²) in [6.07, 6.45) is 6.88. The highest BCUT2D eigenvalue weighted by molar-refractivity contribution is 7.80. The average molecular weight is 463 g/mol. The van der Waals surface area contributed by atoms with Gasteiger partial charge in [-0.3, -0.25) is 14.9 Å². The van der Waals surface area contributed by atoms with Crippen molar-refractivity contribution in [3.63, 3.8) is 0 Å². The summed E-state index contributed by atoms with van der Waals surface area (Å²) in [5, 5.41) is 4.37. The molecular formula is C25H30N6OS. The van der Waals surface area contributed by atoms with E-state index in [-0.39, 0.29) is 12.1 Å². The molecule has 3 aromatic heterocycles. The van der Waals surface area contributed by atoms with Gasteiger partial charge in [-0.1, -0.05) is 12.1 Å². The fourth-order valence-electron chi connectivity index (χ4n) is 4.76. The number of ether oxygens (including phenoxy) is 1. The van der Waals surface area contributed by atoms with Crippen LogP contribution in [0.15, 0.2) is 67.1 Å². The molecule has 3 aromatic rings. The minimum Gasteiger partial charge on any atom is -0.379 e. The molecule has 2 fully saturated rings. The Kier molecular flexibility index (Phi) is 6.95. The summed E-state index contributed by atoms with van der Waals surface area (Å²) in [7, 11) is 0. The van der Waals surface area contributed by atoms with E-state index in [0.29, 0.717) is 0 Å². The van der Waals surface area contributed by atoms with Crippen LogP contribution in [0.2, 0.25) is 0 Å². The van der Waals surface area contributed by atoms with E-state index in [1.165, 1.54) is 5.69 Å². The number of aromatic nitrogens is 3. The first-order valence-electron chi connectivity index (χ1n) is 11.6. The Bertz CT molecular complexity index is 1040. The van der Waals surface area contributed by atoms with Gasteiger partial charge in [-0.15, -0.1) is 0 Å². The Morgan fingerprint density at radius 2 is 1.79 bits per heavy atom. The Labute approximate surface area is 200 Å². The minimum atomic E-state index is -0.000491. The summed E-state index contributed by atoms with van der Waals surface area (Å²) in [6.45, 7) is 6.35. The molecule has 0 aliphatic carbocycles. The zero-order chi connectivity index (χ0) is 22.5. The van der Waals surface area contributed by atoms with Crippen molar-refractivity contribution in [2.45, 2.75) is 25.0 Å². The molecule has 2 aliphatic heterocycles. The van der Waals surface area contributed by atoms with Gasteiger partial charge in [0.2, 0.25) is 0 Å². The Morgan fingerprint density at radius 1 is 0.970 bits per heavy atom. The third-order valence-corrected chi connectivity index (χ3v) is 6.75. The molecule has 0 unspecified atom stereocenters. The molecule has 172 valence electrons. The molecule has 0 saturated carbocycles. The number of hydrogen-bond donors (Lipinski definition) is 1. The lowest BCUT2D eigenvalue weighted by Gasteiger charge is -2.31. The number of morpholine rings is 1. The van der Waals surface area contributed by atoms with E-state index < -0.39 is 0 Å². The SMILES string of the molecule is S=C1N[C@H](c2ccccn2)[C@H](c2cccn2Cc2ccccn2)N1CCCN1CCOCC1. The van der Waals surface area contributed by atoms with Crippen LogP contribution in [0.3, 0.4) is 0 Å². The lowest BCUT2D eigenvalue weighted by atomic mass is 10.0. The number of nitrogens with zero attached hydrogens (tertiary/aromatic N) is 5. The van der Waals surface area contributed by atoms with Gasteiger partial charge in [0.1, 0.15) is 0 Å². The highest BCUT2D eigenvalue weighted by Gasteiger charge is 2.40. The Hall–Kier alpha value is -2.81. The van der Waals surface area contributed by atoms with Crippen molar-refractivity contribution in [3.8, 4) is 0 Å². The molecule has 0 spiro atoms. The van der Waals surface area contributed by atoms with E-state index in [1.54, 1.807) is 0 Å². The maximum Gasteiger partial charge on any atom is 0.170 e. The molecule has 0 amide bonds. The molecule has 8 heteroatoms. The lowest BCUT2D eigenvalue weighted by molar-refractivity contribution is 0.0365. The van der Waals surface area contributed by atoms with E-state index in [0.717, 1.165) is 68.9 Å². The second-order valence-electron chi connectivity index (χ2n) is 8.51. The highest BCUT2D eigenvalue weighted by Crippen LogP contribution is 2.38. The van der Waals surface area contributed by atoms with Crippen LogP contribution >= 0.6 is 12.2 Å². The van der Waals surface area contributed by atoms with Crippen molar-refractivity contribution in [1.29, 1.82) is 0 Å². The van der Waals surface area contributed by atoms with Crippen LogP contribution in [-0.4, -0.2) is 68.8 Å². The molecule has 0 bridgehead atoms. The number of rotatable bonds is 8. The molecule has 5 heterocycles. The third kappa shape index (κ3) is 5.08. The average Bonchev–Trinajstić information content (AvgIpc) is 3.44. The predicted molar refractivity (Wildman–Crippen MR) is 132 cm³/mol. The van der Waals surface area contributed by atoms with Gasteiger partial charge in [0.05, 0.1) is 43.2 Å². The molecule has 2 aliphatic rings. The third-order valence-electron chi connectivity index (χ3n) is 6.40. The molecule has 7 nitrogen and oxygen atoms in total. The van der Waals surface area contributed by atoms with Crippen molar-refractivity contribution in [1.82, 2.24) is 29.7 Å². The van der Waals surface area contributed by atoms with Crippen LogP contribution in [0, 0.1) is 0 Å².